The van der Waals surface area contributed by atoms with Crippen LogP contribution in [0.3, 0.4) is 0 Å². The minimum Gasteiger partial charge on any atom is -0.392 e. The van der Waals surface area contributed by atoms with Crippen molar-refractivity contribution in [3.8, 4) is 0 Å². The molecule has 1 heterocycles. The molecule has 0 aliphatic carbocycles. The van der Waals surface area contributed by atoms with E-state index >= 15 is 0 Å². The van der Waals surface area contributed by atoms with Gasteiger partial charge in [0, 0.05) is 19.6 Å². The molecule has 1 unspecified atom stereocenters. The van der Waals surface area contributed by atoms with Gasteiger partial charge in [-0.2, -0.15) is 0 Å². The van der Waals surface area contributed by atoms with Crippen molar-refractivity contribution in [1.82, 2.24) is 4.90 Å². The topological polar surface area (TPSA) is 66.6 Å². The van der Waals surface area contributed by atoms with Gasteiger partial charge in [0.05, 0.1) is 12.5 Å². The van der Waals surface area contributed by atoms with E-state index in [2.05, 4.69) is 0 Å². The summed E-state index contributed by atoms with van der Waals surface area (Å²) < 4.78 is 0. The molecule has 0 saturated carbocycles. The van der Waals surface area contributed by atoms with Crippen LogP contribution in [0.1, 0.15) is 6.42 Å². The SMILES string of the molecule is NC(=O)[CH]CN1CCC(O)C1. The average Bonchev–Trinajstić information content (AvgIpc) is 2.31. The summed E-state index contributed by atoms with van der Waals surface area (Å²) in [4.78, 5) is 12.3. The fourth-order valence-corrected chi connectivity index (χ4v) is 1.20. The Bertz CT molecular complexity index is 149. The number of carbonyl (C=O) groups excluding carboxylic acids is 1. The summed E-state index contributed by atoms with van der Waals surface area (Å²) in [7, 11) is 0. The molecule has 1 aliphatic heterocycles. The van der Waals surface area contributed by atoms with Gasteiger partial charge in [-0.1, -0.05) is 0 Å². The first kappa shape index (κ1) is 8.49. The quantitative estimate of drug-likeness (QED) is 0.537. The molecular formula is C7H13N2O2. The maximum atomic E-state index is 10.3. The van der Waals surface area contributed by atoms with Crippen molar-refractivity contribution < 1.29 is 9.90 Å². The lowest BCUT2D eigenvalue weighted by Gasteiger charge is -2.12. The van der Waals surface area contributed by atoms with Crippen LogP contribution in [0.15, 0.2) is 0 Å². The van der Waals surface area contributed by atoms with Crippen LogP contribution in [0.2, 0.25) is 0 Å². The number of nitrogens with two attached hydrogens (primary N) is 1. The molecule has 1 atom stereocenters. The van der Waals surface area contributed by atoms with Gasteiger partial charge < -0.3 is 10.8 Å². The van der Waals surface area contributed by atoms with Crippen molar-refractivity contribution >= 4 is 5.91 Å². The minimum atomic E-state index is -0.397. The van der Waals surface area contributed by atoms with Crippen LogP contribution in [0.4, 0.5) is 0 Å². The van der Waals surface area contributed by atoms with E-state index < -0.39 is 5.91 Å². The van der Waals surface area contributed by atoms with E-state index in [9.17, 15) is 4.79 Å². The summed E-state index contributed by atoms with van der Waals surface area (Å²) in [5.41, 5.74) is 4.92. The second kappa shape index (κ2) is 3.69. The highest BCUT2D eigenvalue weighted by Crippen LogP contribution is 2.07. The number of aliphatic hydroxyl groups excluding tert-OH is 1. The van der Waals surface area contributed by atoms with Gasteiger partial charge in [0.2, 0.25) is 5.91 Å². The molecule has 1 radical (unpaired) electrons. The largest absolute Gasteiger partial charge is 0.392 e. The third-order valence-corrected chi connectivity index (χ3v) is 1.80. The Morgan fingerprint density at radius 1 is 1.82 bits per heavy atom. The van der Waals surface area contributed by atoms with Crippen molar-refractivity contribution in [1.29, 1.82) is 0 Å². The number of primary amides is 1. The molecule has 1 aliphatic rings. The van der Waals surface area contributed by atoms with Crippen molar-refractivity contribution in [2.75, 3.05) is 19.6 Å². The van der Waals surface area contributed by atoms with Crippen molar-refractivity contribution in [3.05, 3.63) is 6.42 Å². The molecule has 1 amide bonds. The Morgan fingerprint density at radius 3 is 3.00 bits per heavy atom. The zero-order chi connectivity index (χ0) is 8.27. The fraction of sp³-hybridized carbons (Fsp3) is 0.714. The number of β-amino-alcohol motifs (C(OH)–C–C–N with tert-alkyl or cyclic N) is 1. The maximum Gasteiger partial charge on any atom is 0.222 e. The smallest absolute Gasteiger partial charge is 0.222 e. The van der Waals surface area contributed by atoms with Gasteiger partial charge >= 0.3 is 0 Å². The number of hydrogen-bond acceptors (Lipinski definition) is 3. The predicted molar refractivity (Wildman–Crippen MR) is 40.6 cm³/mol. The first-order valence-corrected chi connectivity index (χ1v) is 3.71. The second-order valence-electron chi connectivity index (χ2n) is 2.81. The van der Waals surface area contributed by atoms with Gasteiger partial charge in [-0.3, -0.25) is 9.69 Å². The Balaban J connectivity index is 2.13. The van der Waals surface area contributed by atoms with Gasteiger partial charge in [0.25, 0.3) is 0 Å². The molecule has 11 heavy (non-hydrogen) atoms. The predicted octanol–water partition coefficient (Wildman–Crippen LogP) is -1.26. The van der Waals surface area contributed by atoms with Gasteiger partial charge in [0.1, 0.15) is 0 Å². The van der Waals surface area contributed by atoms with Gasteiger partial charge in [0.15, 0.2) is 0 Å². The van der Waals surface area contributed by atoms with Gasteiger partial charge in [-0.05, 0) is 6.42 Å². The number of carbonyl (C=O) groups is 1. The molecule has 4 heteroatoms. The number of rotatable bonds is 3. The average molecular weight is 157 g/mol. The summed E-state index contributed by atoms with van der Waals surface area (Å²) >= 11 is 0. The van der Waals surface area contributed by atoms with Crippen LogP contribution >= 0.6 is 0 Å². The van der Waals surface area contributed by atoms with Gasteiger partial charge in [-0.15, -0.1) is 0 Å². The summed E-state index contributed by atoms with van der Waals surface area (Å²) in [6.07, 6.45) is 2.00. The highest BCUT2D eigenvalue weighted by molar-refractivity contribution is 5.83. The van der Waals surface area contributed by atoms with E-state index in [1.807, 2.05) is 4.90 Å². The van der Waals surface area contributed by atoms with Crippen LogP contribution < -0.4 is 5.73 Å². The summed E-state index contributed by atoms with van der Waals surface area (Å²) in [6.45, 7) is 2.07. The molecule has 1 rings (SSSR count). The standard InChI is InChI=1S/C7H13N2O2/c8-7(11)2-4-9-3-1-6(10)5-9/h2,6,10H,1,3-5H2,(H2,8,11). The third-order valence-electron chi connectivity index (χ3n) is 1.80. The van der Waals surface area contributed by atoms with Gasteiger partial charge in [-0.25, -0.2) is 0 Å². The maximum absolute atomic E-state index is 10.3. The van der Waals surface area contributed by atoms with Crippen molar-refractivity contribution in [3.63, 3.8) is 0 Å². The molecule has 0 aromatic heterocycles. The highest BCUT2D eigenvalue weighted by Gasteiger charge is 2.19. The molecule has 0 aromatic carbocycles. The van der Waals surface area contributed by atoms with Crippen LogP contribution in [0.5, 0.6) is 0 Å². The monoisotopic (exact) mass is 157 g/mol. The number of nitrogens with zero attached hydrogens (tertiary/aromatic N) is 1. The molecule has 1 fully saturated rings. The second-order valence-corrected chi connectivity index (χ2v) is 2.81. The molecule has 0 bridgehead atoms. The van der Waals surface area contributed by atoms with Crippen molar-refractivity contribution in [2.45, 2.75) is 12.5 Å². The van der Waals surface area contributed by atoms with E-state index in [0.717, 1.165) is 13.0 Å². The third kappa shape index (κ3) is 2.86. The minimum absolute atomic E-state index is 0.226. The fourth-order valence-electron chi connectivity index (χ4n) is 1.20. The highest BCUT2D eigenvalue weighted by atomic mass is 16.3. The number of aliphatic hydroxyl groups is 1. The number of likely N-dealkylation sites (tertiary alicyclic amines) is 1. The van der Waals surface area contributed by atoms with E-state index in [1.54, 1.807) is 0 Å². The van der Waals surface area contributed by atoms with E-state index in [0.29, 0.717) is 13.1 Å². The van der Waals surface area contributed by atoms with Crippen LogP contribution in [-0.2, 0) is 4.79 Å². The molecule has 0 spiro atoms. The Kier molecular flexibility index (Phi) is 2.84. The van der Waals surface area contributed by atoms with Crippen molar-refractivity contribution in [2.24, 2.45) is 5.73 Å². The van der Waals surface area contributed by atoms with Crippen LogP contribution in [-0.4, -0.2) is 41.7 Å². The number of amides is 1. The molecule has 3 N–H and O–H groups in total. The zero-order valence-corrected chi connectivity index (χ0v) is 6.36. The summed E-state index contributed by atoms with van der Waals surface area (Å²) in [5.74, 6) is -0.397. The Labute approximate surface area is 66.0 Å². The molecule has 4 nitrogen and oxygen atoms in total. The zero-order valence-electron chi connectivity index (χ0n) is 6.36. The number of hydrogen-bond donors (Lipinski definition) is 2. The molecule has 1 saturated heterocycles. The van der Waals surface area contributed by atoms with E-state index in [4.69, 9.17) is 10.8 Å². The van der Waals surface area contributed by atoms with E-state index in [-0.39, 0.29) is 6.10 Å². The lowest BCUT2D eigenvalue weighted by molar-refractivity contribution is -0.115. The lowest BCUT2D eigenvalue weighted by Crippen LogP contribution is -2.27. The van der Waals surface area contributed by atoms with Crippen LogP contribution in [0.25, 0.3) is 0 Å². The Hall–Kier alpha value is -0.610. The molecular weight excluding hydrogens is 144 g/mol. The molecule has 63 valence electrons. The van der Waals surface area contributed by atoms with Crippen LogP contribution in [0, 0.1) is 6.42 Å². The lowest BCUT2D eigenvalue weighted by atomic mass is 10.3. The Morgan fingerprint density at radius 2 is 2.55 bits per heavy atom. The summed E-state index contributed by atoms with van der Waals surface area (Å²) in [5, 5.41) is 9.09. The summed E-state index contributed by atoms with van der Waals surface area (Å²) in [6, 6.07) is 0. The normalized spacial score (nSPS) is 25.7. The molecule has 0 aromatic rings. The first-order chi connectivity index (χ1) is 5.18. The van der Waals surface area contributed by atoms with E-state index in [1.165, 1.54) is 6.42 Å². The first-order valence-electron chi connectivity index (χ1n) is 3.71.